The molecule has 59 valence electrons. The third kappa shape index (κ3) is 1.05. The molecule has 1 radical (unpaired) electrons. The van der Waals surface area contributed by atoms with Crippen molar-refractivity contribution in [3.8, 4) is 0 Å². The first-order valence-electron chi connectivity index (χ1n) is 3.53. The Balaban J connectivity index is 2.84. The zero-order valence-electron chi connectivity index (χ0n) is 6.14. The van der Waals surface area contributed by atoms with Crippen molar-refractivity contribution in [3.63, 3.8) is 0 Å². The molecule has 2 aromatic carbocycles. The summed E-state index contributed by atoms with van der Waals surface area (Å²) < 4.78 is 25.3. The predicted molar refractivity (Wildman–Crippen MR) is 42.7 cm³/mol. The molecule has 2 aromatic rings. The Morgan fingerprint density at radius 3 is 2.67 bits per heavy atom. The monoisotopic (exact) mass is 163 g/mol. The second-order valence-corrected chi connectivity index (χ2v) is 2.52. The summed E-state index contributed by atoms with van der Waals surface area (Å²) in [5.74, 6) is -1.78. The Morgan fingerprint density at radius 1 is 1.08 bits per heavy atom. The van der Waals surface area contributed by atoms with Crippen LogP contribution in [-0.4, -0.2) is 0 Å². The van der Waals surface area contributed by atoms with Crippen LogP contribution in [0.15, 0.2) is 30.3 Å². The summed E-state index contributed by atoms with van der Waals surface area (Å²) in [6.07, 6.45) is 0. The minimum atomic E-state index is -0.922. The highest BCUT2D eigenvalue weighted by Crippen LogP contribution is 2.16. The molecule has 0 amide bonds. The van der Waals surface area contributed by atoms with Crippen molar-refractivity contribution in [2.24, 2.45) is 0 Å². The van der Waals surface area contributed by atoms with E-state index in [9.17, 15) is 8.78 Å². The Morgan fingerprint density at radius 2 is 1.83 bits per heavy atom. The second kappa shape index (κ2) is 2.55. The molecule has 0 heterocycles. The van der Waals surface area contributed by atoms with Crippen LogP contribution in [0.25, 0.3) is 10.8 Å². The lowest BCUT2D eigenvalue weighted by Gasteiger charge is -1.96. The van der Waals surface area contributed by atoms with Gasteiger partial charge < -0.3 is 0 Å². The molecule has 0 saturated heterocycles. The number of rotatable bonds is 0. The van der Waals surface area contributed by atoms with Gasteiger partial charge in [-0.2, -0.15) is 0 Å². The molecular formula is C10H5F2. The third-order valence-corrected chi connectivity index (χ3v) is 1.70. The minimum Gasteiger partial charge on any atom is -0.204 e. The topological polar surface area (TPSA) is 0 Å². The molecule has 0 nitrogen and oxygen atoms in total. The summed E-state index contributed by atoms with van der Waals surface area (Å²) in [5, 5.41) is 1.26. The zero-order valence-corrected chi connectivity index (χ0v) is 6.14. The Kier molecular flexibility index (Phi) is 1.54. The molecular weight excluding hydrogens is 158 g/mol. The summed E-state index contributed by atoms with van der Waals surface area (Å²) in [6, 6.07) is 10.4. The normalized spacial score (nSPS) is 10.5. The van der Waals surface area contributed by atoms with E-state index < -0.39 is 11.6 Å². The Bertz CT molecular complexity index is 381. The van der Waals surface area contributed by atoms with E-state index in [1.54, 1.807) is 24.3 Å². The quantitative estimate of drug-likeness (QED) is 0.560. The van der Waals surface area contributed by atoms with Crippen molar-refractivity contribution in [1.82, 2.24) is 0 Å². The number of hydrogen-bond donors (Lipinski definition) is 0. The maximum Gasteiger partial charge on any atom is 0.167 e. The van der Waals surface area contributed by atoms with Crippen molar-refractivity contribution in [2.45, 2.75) is 0 Å². The minimum absolute atomic E-state index is 0.594. The van der Waals surface area contributed by atoms with Crippen LogP contribution in [0.2, 0.25) is 0 Å². The van der Waals surface area contributed by atoms with Gasteiger partial charge in [0.1, 0.15) is 0 Å². The van der Waals surface area contributed by atoms with Gasteiger partial charge in [-0.25, -0.2) is 8.78 Å². The standard InChI is InChI=1S/C10H5F2/c11-9-5-7-3-1-2-4-8(7)6-10(9)12/h1-5H. The van der Waals surface area contributed by atoms with Crippen molar-refractivity contribution in [3.05, 3.63) is 48.0 Å². The number of hydrogen-bond acceptors (Lipinski definition) is 0. The van der Waals surface area contributed by atoms with Crippen LogP contribution in [0.1, 0.15) is 0 Å². The van der Waals surface area contributed by atoms with E-state index in [-0.39, 0.29) is 0 Å². The summed E-state index contributed by atoms with van der Waals surface area (Å²) in [7, 11) is 0. The van der Waals surface area contributed by atoms with Crippen molar-refractivity contribution >= 4 is 10.8 Å². The highest BCUT2D eigenvalue weighted by atomic mass is 19.2. The summed E-state index contributed by atoms with van der Waals surface area (Å²) in [5.41, 5.74) is 0. The molecule has 0 aromatic heterocycles. The lowest BCUT2D eigenvalue weighted by molar-refractivity contribution is 0.509. The van der Waals surface area contributed by atoms with Gasteiger partial charge in [0.05, 0.1) is 0 Å². The molecule has 2 heteroatoms. The first-order chi connectivity index (χ1) is 5.77. The van der Waals surface area contributed by atoms with Gasteiger partial charge in [0, 0.05) is 6.07 Å². The number of halogens is 2. The largest absolute Gasteiger partial charge is 0.204 e. The molecule has 0 bridgehead atoms. The second-order valence-electron chi connectivity index (χ2n) is 2.52. The average molecular weight is 163 g/mol. The van der Waals surface area contributed by atoms with Gasteiger partial charge in [0.2, 0.25) is 0 Å². The fourth-order valence-corrected chi connectivity index (χ4v) is 1.11. The fourth-order valence-electron chi connectivity index (χ4n) is 1.11. The van der Waals surface area contributed by atoms with E-state index in [0.29, 0.717) is 10.8 Å². The molecule has 0 aliphatic carbocycles. The van der Waals surface area contributed by atoms with Crippen LogP contribution >= 0.6 is 0 Å². The third-order valence-electron chi connectivity index (χ3n) is 1.70. The van der Waals surface area contributed by atoms with E-state index >= 15 is 0 Å². The van der Waals surface area contributed by atoms with E-state index in [0.717, 1.165) is 0 Å². The first-order valence-corrected chi connectivity index (χ1v) is 3.53. The molecule has 0 aliphatic heterocycles. The smallest absolute Gasteiger partial charge is 0.167 e. The highest BCUT2D eigenvalue weighted by molar-refractivity contribution is 5.81. The first kappa shape index (κ1) is 7.22. The number of benzene rings is 2. The van der Waals surface area contributed by atoms with Crippen LogP contribution in [0.3, 0.4) is 0 Å². The van der Waals surface area contributed by atoms with E-state index in [2.05, 4.69) is 6.07 Å². The van der Waals surface area contributed by atoms with Crippen LogP contribution in [0.4, 0.5) is 8.78 Å². The van der Waals surface area contributed by atoms with Gasteiger partial charge in [-0.3, -0.25) is 0 Å². The van der Waals surface area contributed by atoms with Crippen LogP contribution in [0, 0.1) is 17.7 Å². The van der Waals surface area contributed by atoms with Gasteiger partial charge in [-0.1, -0.05) is 24.3 Å². The Labute approximate surface area is 68.4 Å². The zero-order chi connectivity index (χ0) is 8.55. The summed E-state index contributed by atoms with van der Waals surface area (Å²) >= 11 is 0. The fraction of sp³-hybridized carbons (Fsp3) is 0. The van der Waals surface area contributed by atoms with Gasteiger partial charge in [0.25, 0.3) is 0 Å². The van der Waals surface area contributed by atoms with E-state index in [1.807, 2.05) is 0 Å². The molecule has 0 spiro atoms. The maximum absolute atomic E-state index is 12.6. The SMILES string of the molecule is Fc1[c]c2ccccc2cc1F. The van der Waals surface area contributed by atoms with Gasteiger partial charge in [0.15, 0.2) is 11.6 Å². The van der Waals surface area contributed by atoms with Crippen molar-refractivity contribution in [2.75, 3.05) is 0 Å². The lowest BCUT2D eigenvalue weighted by atomic mass is 10.1. The summed E-state index contributed by atoms with van der Waals surface area (Å²) in [6.45, 7) is 0. The average Bonchev–Trinajstić information content (AvgIpc) is 2.07. The van der Waals surface area contributed by atoms with E-state index in [4.69, 9.17) is 0 Å². The lowest BCUT2D eigenvalue weighted by Crippen LogP contribution is -1.83. The molecule has 0 aliphatic rings. The molecule has 0 N–H and O–H groups in total. The van der Waals surface area contributed by atoms with Crippen molar-refractivity contribution in [1.29, 1.82) is 0 Å². The maximum atomic E-state index is 12.6. The van der Waals surface area contributed by atoms with Crippen LogP contribution in [0.5, 0.6) is 0 Å². The molecule has 0 fully saturated rings. The summed E-state index contributed by atoms with van der Waals surface area (Å²) in [4.78, 5) is 0. The van der Waals surface area contributed by atoms with Gasteiger partial charge in [-0.05, 0) is 16.8 Å². The van der Waals surface area contributed by atoms with E-state index in [1.165, 1.54) is 6.07 Å². The van der Waals surface area contributed by atoms with Crippen molar-refractivity contribution < 1.29 is 8.78 Å². The molecule has 0 atom stereocenters. The van der Waals surface area contributed by atoms with Gasteiger partial charge >= 0.3 is 0 Å². The molecule has 2 rings (SSSR count). The molecule has 0 unspecified atom stereocenters. The molecule has 0 saturated carbocycles. The Hall–Kier alpha value is -1.44. The number of fused-ring (bicyclic) bond motifs is 1. The highest BCUT2D eigenvalue weighted by Gasteiger charge is 2.02. The van der Waals surface area contributed by atoms with Crippen LogP contribution in [-0.2, 0) is 0 Å². The van der Waals surface area contributed by atoms with Gasteiger partial charge in [-0.15, -0.1) is 0 Å². The predicted octanol–water partition coefficient (Wildman–Crippen LogP) is 2.92. The van der Waals surface area contributed by atoms with Crippen LogP contribution < -0.4 is 0 Å². The molecule has 12 heavy (non-hydrogen) atoms.